The summed E-state index contributed by atoms with van der Waals surface area (Å²) >= 11 is 2.91. The fourth-order valence-corrected chi connectivity index (χ4v) is 3.56. The molecule has 0 atom stereocenters. The molecule has 96 valence electrons. The highest BCUT2D eigenvalue weighted by Gasteiger charge is 2.25. The summed E-state index contributed by atoms with van der Waals surface area (Å²) in [6.07, 6.45) is 1.43. The van der Waals surface area contributed by atoms with Gasteiger partial charge in [-0.3, -0.25) is 4.79 Å². The molecule has 0 saturated carbocycles. The largest absolute Gasteiger partial charge is 0.466 e. The lowest BCUT2D eigenvalue weighted by Crippen LogP contribution is -2.09. The van der Waals surface area contributed by atoms with E-state index < -0.39 is 5.97 Å². The van der Waals surface area contributed by atoms with Gasteiger partial charge in [0.15, 0.2) is 0 Å². The molecule has 3 heterocycles. The molecule has 0 unspecified atom stereocenters. The van der Waals surface area contributed by atoms with Crippen molar-refractivity contribution in [3.8, 4) is 0 Å². The van der Waals surface area contributed by atoms with Crippen LogP contribution in [0.15, 0.2) is 27.6 Å². The molecular formula is C13H9NO3S2. The fourth-order valence-electron chi connectivity index (χ4n) is 1.95. The number of carbonyl (C=O) groups excluding carboxylic acids is 2. The molecule has 1 amide bonds. The predicted molar refractivity (Wildman–Crippen MR) is 75.7 cm³/mol. The van der Waals surface area contributed by atoms with Crippen LogP contribution in [-0.2, 0) is 9.53 Å². The highest BCUT2D eigenvalue weighted by molar-refractivity contribution is 7.09. The normalized spacial score (nSPS) is 15.4. The number of amides is 1. The molecule has 0 radical (unpaired) electrons. The number of hydrogen-bond acceptors (Lipinski definition) is 5. The van der Waals surface area contributed by atoms with Crippen LogP contribution >= 0.6 is 22.7 Å². The lowest BCUT2D eigenvalue weighted by atomic mass is 9.99. The number of fused-ring (bicyclic) bond motifs is 2. The molecule has 6 heteroatoms. The van der Waals surface area contributed by atoms with Crippen LogP contribution in [0.25, 0.3) is 5.57 Å². The lowest BCUT2D eigenvalue weighted by Gasteiger charge is -2.04. The summed E-state index contributed by atoms with van der Waals surface area (Å²) in [6, 6.07) is 0. The van der Waals surface area contributed by atoms with E-state index in [1.54, 1.807) is 5.38 Å². The minimum absolute atomic E-state index is 0.149. The van der Waals surface area contributed by atoms with Crippen LogP contribution in [0.5, 0.6) is 0 Å². The smallest absolute Gasteiger partial charge is 0.331 e. The molecule has 1 aliphatic heterocycles. The van der Waals surface area contributed by atoms with Crippen LogP contribution < -0.4 is 5.32 Å². The quantitative estimate of drug-likeness (QED) is 0.649. The van der Waals surface area contributed by atoms with E-state index in [1.807, 2.05) is 16.1 Å². The summed E-state index contributed by atoms with van der Waals surface area (Å²) in [4.78, 5) is 23.6. The molecule has 0 aromatic carbocycles. The third kappa shape index (κ3) is 1.98. The van der Waals surface area contributed by atoms with Crippen LogP contribution in [-0.4, -0.2) is 19.0 Å². The first kappa shape index (κ1) is 12.1. The Balaban J connectivity index is 2.25. The van der Waals surface area contributed by atoms with E-state index in [4.69, 9.17) is 0 Å². The second-order valence-corrected chi connectivity index (χ2v) is 5.42. The summed E-state index contributed by atoms with van der Waals surface area (Å²) in [5.74, 6) is -0.581. The maximum atomic E-state index is 12.1. The predicted octanol–water partition coefficient (Wildman–Crippen LogP) is 2.98. The van der Waals surface area contributed by atoms with Crippen molar-refractivity contribution in [2.45, 2.75) is 0 Å². The number of thiophene rings is 2. The van der Waals surface area contributed by atoms with Gasteiger partial charge in [0.2, 0.25) is 0 Å². The maximum Gasteiger partial charge on any atom is 0.331 e. The Kier molecular flexibility index (Phi) is 2.96. The summed E-state index contributed by atoms with van der Waals surface area (Å²) < 4.78 is 4.69. The van der Waals surface area contributed by atoms with Crippen molar-refractivity contribution in [1.29, 1.82) is 0 Å². The molecule has 0 bridgehead atoms. The topological polar surface area (TPSA) is 55.4 Å². The third-order valence-corrected chi connectivity index (χ3v) is 4.35. The van der Waals surface area contributed by atoms with Crippen LogP contribution in [0.1, 0.15) is 21.5 Å². The van der Waals surface area contributed by atoms with Crippen molar-refractivity contribution in [3.05, 3.63) is 44.3 Å². The number of hydrogen-bond donors (Lipinski definition) is 1. The highest BCUT2D eigenvalue weighted by Crippen LogP contribution is 2.38. The second-order valence-electron chi connectivity index (χ2n) is 3.93. The van der Waals surface area contributed by atoms with Crippen molar-refractivity contribution >= 4 is 45.8 Å². The zero-order valence-electron chi connectivity index (χ0n) is 9.93. The molecule has 1 aliphatic rings. The number of nitrogens with one attached hydrogen (secondary N) is 1. The molecule has 0 fully saturated rings. The fraction of sp³-hybridized carbons (Fsp3) is 0.0769. The first-order chi connectivity index (χ1) is 9.20. The van der Waals surface area contributed by atoms with Crippen LogP contribution in [0.3, 0.4) is 0 Å². The zero-order chi connectivity index (χ0) is 13.4. The van der Waals surface area contributed by atoms with E-state index in [0.717, 1.165) is 22.4 Å². The number of rotatable bonds is 1. The standard InChI is InChI=1S/C13H9NO3S2/c1-17-12(15)2-7-8-3-18-5-10(8)13(16)14-11-6-19-4-9(7)11/h2-6H,1H3,(H,14,16)/b7-2+. The van der Waals surface area contributed by atoms with Gasteiger partial charge in [-0.05, 0) is 5.38 Å². The highest BCUT2D eigenvalue weighted by atomic mass is 32.1. The molecule has 0 spiro atoms. The van der Waals surface area contributed by atoms with Gasteiger partial charge >= 0.3 is 5.97 Å². The lowest BCUT2D eigenvalue weighted by molar-refractivity contribution is -0.134. The van der Waals surface area contributed by atoms with Gasteiger partial charge in [0.1, 0.15) is 0 Å². The van der Waals surface area contributed by atoms with Gasteiger partial charge in [-0.25, -0.2) is 4.79 Å². The van der Waals surface area contributed by atoms with E-state index in [1.165, 1.54) is 35.9 Å². The van der Waals surface area contributed by atoms with Gasteiger partial charge < -0.3 is 10.1 Å². The molecule has 2 aromatic rings. The monoisotopic (exact) mass is 291 g/mol. The van der Waals surface area contributed by atoms with E-state index >= 15 is 0 Å². The molecule has 3 rings (SSSR count). The Hall–Kier alpha value is -1.92. The molecule has 1 N–H and O–H groups in total. The van der Waals surface area contributed by atoms with Crippen molar-refractivity contribution < 1.29 is 14.3 Å². The van der Waals surface area contributed by atoms with E-state index in [0.29, 0.717) is 5.56 Å². The molecular weight excluding hydrogens is 282 g/mol. The van der Waals surface area contributed by atoms with Gasteiger partial charge in [0.05, 0.1) is 18.4 Å². The van der Waals surface area contributed by atoms with Gasteiger partial charge in [0.25, 0.3) is 5.91 Å². The van der Waals surface area contributed by atoms with Gasteiger partial charge in [-0.1, -0.05) is 0 Å². The SMILES string of the molecule is COC(=O)/C=C1/c2cscc2NC(=O)c2cscc21. The van der Waals surface area contributed by atoms with Gasteiger partial charge in [-0.2, -0.15) is 11.3 Å². The Morgan fingerprint density at radius 1 is 1.16 bits per heavy atom. The number of anilines is 1. The number of esters is 1. The second kappa shape index (κ2) is 4.64. The Bertz CT molecular complexity index is 696. The average Bonchev–Trinajstić information content (AvgIpc) is 3.02. The summed E-state index contributed by atoms with van der Waals surface area (Å²) in [5.41, 5.74) is 3.65. The van der Waals surface area contributed by atoms with Gasteiger partial charge in [0, 0.05) is 38.9 Å². The van der Waals surface area contributed by atoms with Crippen LogP contribution in [0.2, 0.25) is 0 Å². The number of carbonyl (C=O) groups is 2. The average molecular weight is 291 g/mol. The minimum atomic E-state index is -0.432. The number of ether oxygens (including phenoxy) is 1. The molecule has 19 heavy (non-hydrogen) atoms. The van der Waals surface area contributed by atoms with Gasteiger partial charge in [-0.15, -0.1) is 11.3 Å². The first-order valence-electron chi connectivity index (χ1n) is 5.45. The minimum Gasteiger partial charge on any atom is -0.466 e. The maximum absolute atomic E-state index is 12.1. The van der Waals surface area contributed by atoms with Crippen LogP contribution in [0.4, 0.5) is 5.69 Å². The Morgan fingerprint density at radius 2 is 1.84 bits per heavy atom. The van der Waals surface area contributed by atoms with E-state index in [9.17, 15) is 9.59 Å². The molecule has 4 nitrogen and oxygen atoms in total. The number of methoxy groups -OCH3 is 1. The summed E-state index contributed by atoms with van der Waals surface area (Å²) in [7, 11) is 1.34. The molecule has 0 aliphatic carbocycles. The third-order valence-electron chi connectivity index (χ3n) is 2.86. The molecule has 2 aromatic heterocycles. The summed E-state index contributed by atoms with van der Waals surface area (Å²) in [5, 5.41) is 10.3. The van der Waals surface area contributed by atoms with Crippen molar-refractivity contribution in [2.75, 3.05) is 12.4 Å². The van der Waals surface area contributed by atoms with Crippen LogP contribution in [0, 0.1) is 0 Å². The zero-order valence-corrected chi connectivity index (χ0v) is 11.6. The van der Waals surface area contributed by atoms with Crippen molar-refractivity contribution in [1.82, 2.24) is 0 Å². The Labute approximate surface area is 117 Å². The molecule has 0 saturated heterocycles. The Morgan fingerprint density at radius 3 is 2.63 bits per heavy atom. The van der Waals surface area contributed by atoms with Crippen molar-refractivity contribution in [2.24, 2.45) is 0 Å². The summed E-state index contributed by atoms with van der Waals surface area (Å²) in [6.45, 7) is 0. The van der Waals surface area contributed by atoms with Crippen molar-refractivity contribution in [3.63, 3.8) is 0 Å². The van der Waals surface area contributed by atoms with E-state index in [-0.39, 0.29) is 5.91 Å². The first-order valence-corrected chi connectivity index (χ1v) is 7.33. The van der Waals surface area contributed by atoms with E-state index in [2.05, 4.69) is 10.1 Å².